The van der Waals surface area contributed by atoms with E-state index in [1.54, 1.807) is 6.26 Å². The second kappa shape index (κ2) is 42.3. The summed E-state index contributed by atoms with van der Waals surface area (Å²) in [5, 5.41) is 112. The summed E-state index contributed by atoms with van der Waals surface area (Å²) in [5.41, 5.74) is 0. The van der Waals surface area contributed by atoms with Gasteiger partial charge in [-0.05, 0) is 44.8 Å². The summed E-state index contributed by atoms with van der Waals surface area (Å²) in [4.78, 5) is 104. The molecule has 38 heteroatoms. The molecule has 36 nitrogen and oxygen atoms in total. The van der Waals surface area contributed by atoms with Crippen LogP contribution in [0.3, 0.4) is 0 Å². The van der Waals surface area contributed by atoms with Crippen molar-refractivity contribution >= 4 is 65.2 Å². The zero-order valence-corrected chi connectivity index (χ0v) is 54.6. The molecule has 4 aliphatic rings. The average Bonchev–Trinajstić information content (AvgIpc) is 0.867. The van der Waals surface area contributed by atoms with Gasteiger partial charge < -0.3 is 136 Å². The second-order valence-electron chi connectivity index (χ2n) is 22.5. The Labute approximate surface area is 542 Å². The number of hydrogen-bond acceptors (Lipinski definition) is 29. The molecule has 536 valence electrons. The maximum Gasteiger partial charge on any atom is 0.254 e. The minimum absolute atomic E-state index is 0.0217. The molecule has 1 aliphatic carbocycles. The van der Waals surface area contributed by atoms with Crippen LogP contribution in [0.15, 0.2) is 0 Å². The maximum atomic E-state index is 13.8. The Bertz CT molecular complexity index is 2380. The molecule has 0 bridgehead atoms. The van der Waals surface area contributed by atoms with Gasteiger partial charge in [0.2, 0.25) is 47.3 Å². The Morgan fingerprint density at radius 1 is 0.495 bits per heavy atom. The third kappa shape index (κ3) is 27.9. The van der Waals surface area contributed by atoms with E-state index in [9.17, 15) is 88.9 Å². The first kappa shape index (κ1) is 81.0. The zero-order valence-electron chi connectivity index (χ0n) is 52.9. The van der Waals surface area contributed by atoms with E-state index >= 15 is 0 Å². The van der Waals surface area contributed by atoms with Gasteiger partial charge >= 0.3 is 0 Å². The Kier molecular flexibility index (Phi) is 36.8. The van der Waals surface area contributed by atoms with Crippen molar-refractivity contribution in [1.82, 2.24) is 42.5 Å². The highest BCUT2D eigenvalue weighted by atomic mass is 32.7. The Morgan fingerprint density at radius 2 is 0.849 bits per heavy atom. The van der Waals surface area contributed by atoms with E-state index in [0.29, 0.717) is 25.7 Å². The largest absolute Gasteiger partial charge is 0.394 e. The van der Waals surface area contributed by atoms with E-state index in [-0.39, 0.29) is 104 Å². The highest BCUT2D eigenvalue weighted by Gasteiger charge is 2.48. The van der Waals surface area contributed by atoms with Crippen LogP contribution in [0.4, 0.5) is 0 Å². The van der Waals surface area contributed by atoms with E-state index in [0.717, 1.165) is 11.4 Å². The quantitative estimate of drug-likeness (QED) is 0.0200. The van der Waals surface area contributed by atoms with Gasteiger partial charge in [0, 0.05) is 65.8 Å². The van der Waals surface area contributed by atoms with Gasteiger partial charge in [0.1, 0.15) is 85.1 Å². The minimum Gasteiger partial charge on any atom is -0.394 e. The molecule has 3 heterocycles. The normalized spacial score (nSPS) is 30.1. The monoisotopic (exact) mass is 1380 g/mol. The van der Waals surface area contributed by atoms with Crippen LogP contribution in [0.25, 0.3) is 0 Å². The highest BCUT2D eigenvalue weighted by molar-refractivity contribution is 8.56. The molecule has 4 rings (SSSR count). The lowest BCUT2D eigenvalue weighted by atomic mass is 9.86. The van der Waals surface area contributed by atoms with Gasteiger partial charge in [-0.15, -0.1) is 0 Å². The molecule has 0 spiro atoms. The lowest BCUT2D eigenvalue weighted by Gasteiger charge is -2.42. The molecule has 0 radical (unpaired) electrons. The summed E-state index contributed by atoms with van der Waals surface area (Å²) >= 11 is 1.11. The molecule has 8 amide bonds. The fourth-order valence-electron chi connectivity index (χ4n) is 10.3. The number of carbonyl (C=O) groups excluding carboxylic acids is 8. The number of carbonyl (C=O) groups is 8. The topological polar surface area (TPSA) is 524 Å². The van der Waals surface area contributed by atoms with Gasteiger partial charge in [0.15, 0.2) is 18.9 Å². The second-order valence-corrected chi connectivity index (χ2v) is 27.7. The van der Waals surface area contributed by atoms with E-state index in [4.69, 9.17) is 47.2 Å². The molecule has 3 saturated heterocycles. The molecule has 0 aromatic heterocycles. The Morgan fingerprint density at radius 3 is 1.20 bits per heavy atom. The number of hydrogen-bond donors (Lipinski definition) is 17. The number of nitrogens with one attached hydrogen (secondary N) is 8. The molecule has 18 atom stereocenters. The lowest BCUT2D eigenvalue weighted by Crippen LogP contribution is -2.64. The summed E-state index contributed by atoms with van der Waals surface area (Å²) in [6.45, 7) is -0.987. The van der Waals surface area contributed by atoms with Crippen molar-refractivity contribution in [2.75, 3.05) is 112 Å². The SMILES string of the molecule is CSP(C)(=O)OC1CCC(C(=O)NC(CCC(=O)NC(CCC(=O)NCCOCCOC2OC(CO)C(O)C(O)C2NC(C)=O)C(=O)NCCOCCOC2OC(CO)C(O)C(O)C2NC(C)=O)C(=O)NCCOCCOC2OC(CO)C(O)C(O)C2NC(C)=O)CC1. The van der Waals surface area contributed by atoms with Crippen molar-refractivity contribution in [2.45, 2.75) is 182 Å². The number of ether oxygens (including phenoxy) is 9. The summed E-state index contributed by atoms with van der Waals surface area (Å²) in [5.74, 6) is -5.41. The van der Waals surface area contributed by atoms with Crippen molar-refractivity contribution < 1.29 is 136 Å². The Balaban J connectivity index is 1.36. The molecule has 93 heavy (non-hydrogen) atoms. The van der Waals surface area contributed by atoms with Gasteiger partial charge in [-0.2, -0.15) is 0 Å². The highest BCUT2D eigenvalue weighted by Crippen LogP contribution is 2.56. The van der Waals surface area contributed by atoms with Gasteiger partial charge in [-0.25, -0.2) is 0 Å². The fourth-order valence-corrected chi connectivity index (χ4v) is 11.8. The van der Waals surface area contributed by atoms with Crippen LogP contribution in [-0.4, -0.2) is 315 Å². The smallest absolute Gasteiger partial charge is 0.254 e. The number of aliphatic hydroxyl groups is 9. The fraction of sp³-hybridized carbons (Fsp3) is 0.855. The lowest BCUT2D eigenvalue weighted by molar-refractivity contribution is -0.272. The third-order valence-corrected chi connectivity index (χ3v) is 18.9. The molecule has 18 unspecified atom stereocenters. The number of aliphatic hydroxyl groups excluding tert-OH is 9. The maximum absolute atomic E-state index is 13.8. The van der Waals surface area contributed by atoms with Crippen LogP contribution >= 0.6 is 18.0 Å². The molecule has 0 aromatic rings. The number of rotatable bonds is 41. The molecular weight excluding hydrogens is 1280 g/mol. The molecule has 4 fully saturated rings. The van der Waals surface area contributed by atoms with E-state index in [1.165, 1.54) is 27.4 Å². The van der Waals surface area contributed by atoms with Crippen molar-refractivity contribution in [3.05, 3.63) is 0 Å². The minimum atomic E-state index is -2.91. The van der Waals surface area contributed by atoms with E-state index in [1.807, 2.05) is 0 Å². The van der Waals surface area contributed by atoms with Gasteiger partial charge in [-0.3, -0.25) is 42.9 Å². The summed E-state index contributed by atoms with van der Waals surface area (Å²) in [7, 11) is 0. The van der Waals surface area contributed by atoms with Crippen LogP contribution in [0.1, 0.15) is 72.1 Å². The van der Waals surface area contributed by atoms with Crippen molar-refractivity contribution in [1.29, 1.82) is 0 Å². The standard InChI is InChI=1S/C55H97N8O28PS/c1-29(67)59-41-47(75)44(72)36(26-64)88-53(41)85-23-20-82-17-14-56-39(70)12-10-34(51(79)57-15-18-83-21-24-86-54-42(60-30(2)68)48(76)45(73)37(27-65)89-54)62-40(71)13-11-35(63-50(78)32-6-8-33(9-7-32)91-92(4,81)93-5)52(80)58-16-19-84-22-25-87-55-43(61-31(3)69)49(77)46(74)38(28-66)90-55/h32-38,41-49,53-55,64-66,72-77H,6-28H2,1-5H3,(H,56,70)(H,57,79)(H,58,80)(H,59,67)(H,60,68)(H,61,69)(H,62,71)(H,63,78). The van der Waals surface area contributed by atoms with Crippen LogP contribution < -0.4 is 42.5 Å². The predicted octanol–water partition coefficient (Wildman–Crippen LogP) is -7.44. The molecule has 1 saturated carbocycles. The first-order chi connectivity index (χ1) is 44.2. The molecule has 0 aromatic carbocycles. The van der Waals surface area contributed by atoms with Crippen molar-refractivity contribution in [2.24, 2.45) is 5.92 Å². The Hall–Kier alpha value is -4.42. The van der Waals surface area contributed by atoms with Crippen molar-refractivity contribution in [3.8, 4) is 0 Å². The first-order valence-corrected chi connectivity index (χ1v) is 34.6. The number of amides is 8. The van der Waals surface area contributed by atoms with Gasteiger partial charge in [-0.1, -0.05) is 11.4 Å². The van der Waals surface area contributed by atoms with Crippen LogP contribution in [0.5, 0.6) is 0 Å². The summed E-state index contributed by atoms with van der Waals surface area (Å²) < 4.78 is 68.7. The van der Waals surface area contributed by atoms with Gasteiger partial charge in [0.25, 0.3) is 6.57 Å². The molecule has 3 aliphatic heterocycles. The zero-order chi connectivity index (χ0) is 68.8. The van der Waals surface area contributed by atoms with Crippen molar-refractivity contribution in [3.63, 3.8) is 0 Å². The van der Waals surface area contributed by atoms with E-state index in [2.05, 4.69) is 42.5 Å². The molecular formula is C55H97N8O28PS. The summed E-state index contributed by atoms with van der Waals surface area (Å²) in [6, 6.07) is -6.19. The first-order valence-electron chi connectivity index (χ1n) is 30.7. The van der Waals surface area contributed by atoms with Gasteiger partial charge in [0.05, 0.1) is 85.4 Å². The van der Waals surface area contributed by atoms with Crippen LogP contribution in [-0.2, 0) is 90.1 Å². The molecule has 17 N–H and O–H groups in total. The predicted molar refractivity (Wildman–Crippen MR) is 322 cm³/mol. The van der Waals surface area contributed by atoms with Crippen LogP contribution in [0.2, 0.25) is 0 Å². The average molecular weight is 1380 g/mol. The van der Waals surface area contributed by atoms with Crippen LogP contribution in [0, 0.1) is 5.92 Å². The van der Waals surface area contributed by atoms with E-state index < -0.39 is 190 Å². The third-order valence-electron chi connectivity index (χ3n) is 15.3. The summed E-state index contributed by atoms with van der Waals surface area (Å²) in [6.07, 6.45) is -15.0.